The second kappa shape index (κ2) is 10.6. The van der Waals surface area contributed by atoms with Gasteiger partial charge in [-0.25, -0.2) is 0 Å². The predicted molar refractivity (Wildman–Crippen MR) is 57.9 cm³/mol. The second-order valence-electron chi connectivity index (χ2n) is 2.68. The van der Waals surface area contributed by atoms with Crippen molar-refractivity contribution in [2.45, 2.75) is 10.5 Å². The minimum absolute atomic E-state index is 0. The van der Waals surface area contributed by atoms with Crippen LogP contribution < -0.4 is 5.32 Å². The van der Waals surface area contributed by atoms with Crippen molar-refractivity contribution < 1.29 is 18.1 Å². The van der Waals surface area contributed by atoms with Crippen molar-refractivity contribution in [1.29, 1.82) is 0 Å². The Kier molecular flexibility index (Phi) is 16.9. The van der Waals surface area contributed by atoms with Gasteiger partial charge in [-0.15, -0.1) is 37.2 Å². The monoisotopic (exact) mass is 271 g/mol. The molecule has 1 aliphatic heterocycles. The minimum atomic E-state index is -0.696. The van der Waals surface area contributed by atoms with Crippen LogP contribution in [0, 0.1) is 0 Å². The van der Waals surface area contributed by atoms with Gasteiger partial charge in [-0.2, -0.15) is 0 Å². The Balaban J connectivity index is -0.000000270. The van der Waals surface area contributed by atoms with Gasteiger partial charge in [0.15, 0.2) is 0 Å². The van der Waals surface area contributed by atoms with Crippen LogP contribution in [0.15, 0.2) is 0 Å². The second-order valence-corrected chi connectivity index (χ2v) is 6.63. The van der Waals surface area contributed by atoms with Crippen molar-refractivity contribution in [3.8, 4) is 0 Å². The number of piperazine rings is 1. The Morgan fingerprint density at radius 2 is 1.42 bits per heavy atom. The average Bonchev–Trinajstić information content (AvgIpc) is 1.90. The summed E-state index contributed by atoms with van der Waals surface area (Å²) < 4.78 is 2.66. The molecule has 1 aliphatic rings. The molecule has 0 spiro atoms. The van der Waals surface area contributed by atoms with E-state index in [-0.39, 0.29) is 37.2 Å². The molecule has 1 N–H and O–H groups in total. The number of halogens is 3. The molecule has 1 saturated heterocycles. The molecule has 1 fully saturated rings. The first-order valence-corrected chi connectivity index (χ1v) is 7.38. The molecule has 1 rings (SSSR count). The van der Waals surface area contributed by atoms with Crippen molar-refractivity contribution in [2.75, 3.05) is 26.2 Å². The zero-order chi connectivity index (χ0) is 6.69. The summed E-state index contributed by atoms with van der Waals surface area (Å²) in [5.74, 6) is 0. The number of rotatable bonds is 1. The van der Waals surface area contributed by atoms with E-state index in [1.165, 1.54) is 26.2 Å². The fraction of sp³-hybridized carbons (Fsp3) is 1.00. The van der Waals surface area contributed by atoms with E-state index in [1.807, 2.05) is 0 Å². The molecule has 0 aliphatic carbocycles. The van der Waals surface area contributed by atoms with E-state index in [0.717, 1.165) is 0 Å². The molecule has 0 saturated carbocycles. The number of hydrogen-bond acceptors (Lipinski definition) is 2. The quantitative estimate of drug-likeness (QED) is 0.732. The first-order chi connectivity index (χ1) is 4.30. The van der Waals surface area contributed by atoms with Gasteiger partial charge in [0.2, 0.25) is 0 Å². The summed E-state index contributed by atoms with van der Waals surface area (Å²) in [5.41, 5.74) is 0. The fourth-order valence-electron chi connectivity index (χ4n) is 1.11. The molecule has 0 atom stereocenters. The van der Waals surface area contributed by atoms with E-state index in [4.69, 9.17) is 0 Å². The van der Waals surface area contributed by atoms with Gasteiger partial charge in [-0.05, 0) is 0 Å². The summed E-state index contributed by atoms with van der Waals surface area (Å²) in [7, 11) is 0. The van der Waals surface area contributed by atoms with Gasteiger partial charge in [-0.3, -0.25) is 0 Å². The number of hydrogen-bond donors (Lipinski definition) is 1. The maximum atomic E-state index is 3.35. The van der Waals surface area contributed by atoms with Crippen molar-refractivity contribution in [2.24, 2.45) is 0 Å². The summed E-state index contributed by atoms with van der Waals surface area (Å²) in [6.07, 6.45) is 0. The van der Waals surface area contributed by atoms with E-state index < -0.39 is 18.1 Å². The maximum absolute atomic E-state index is 3.35. The van der Waals surface area contributed by atoms with Gasteiger partial charge in [0.05, 0.1) is 0 Å². The van der Waals surface area contributed by atoms with E-state index in [9.17, 15) is 0 Å². The zero-order valence-electron chi connectivity index (χ0n) is 7.50. The van der Waals surface area contributed by atoms with Crippen LogP contribution in [0.25, 0.3) is 0 Å². The molecule has 0 amide bonds. The van der Waals surface area contributed by atoms with Crippen LogP contribution in [0.1, 0.15) is 0 Å². The van der Waals surface area contributed by atoms with E-state index >= 15 is 0 Å². The van der Waals surface area contributed by atoms with E-state index in [1.54, 1.807) is 0 Å². The van der Waals surface area contributed by atoms with Gasteiger partial charge in [0, 0.05) is 0 Å². The molecular formula is C6H18Cl3N2Ti. The van der Waals surface area contributed by atoms with Crippen LogP contribution in [0.3, 0.4) is 0 Å². The summed E-state index contributed by atoms with van der Waals surface area (Å²) in [6.45, 7) is 5.00. The van der Waals surface area contributed by atoms with Crippen LogP contribution in [0.2, 0.25) is 10.5 Å². The van der Waals surface area contributed by atoms with E-state index in [2.05, 4.69) is 19.2 Å². The Labute approximate surface area is 100 Å². The number of nitrogens with zero attached hydrogens (tertiary/aromatic N) is 1. The van der Waals surface area contributed by atoms with Crippen LogP contribution in [0.4, 0.5) is 0 Å². The Bertz CT molecular complexity index is 88.9. The van der Waals surface area contributed by atoms with Crippen molar-refractivity contribution >= 4 is 37.2 Å². The molecule has 0 bridgehead atoms. The third kappa shape index (κ3) is 6.96. The molecule has 77 valence electrons. The molecule has 0 unspecified atom stereocenters. The molecule has 0 aromatic carbocycles. The predicted octanol–water partition coefficient (Wildman–Crippen LogP) is 1.79. The summed E-state index contributed by atoms with van der Waals surface area (Å²) >= 11 is -0.696. The van der Waals surface area contributed by atoms with Gasteiger partial charge in [-0.1, -0.05) is 0 Å². The molecule has 0 radical (unpaired) electrons. The topological polar surface area (TPSA) is 15.3 Å². The third-order valence-corrected chi connectivity index (χ3v) is 4.42. The fourth-order valence-corrected chi connectivity index (χ4v) is 2.86. The Morgan fingerprint density at radius 1 is 1.00 bits per heavy atom. The third-order valence-electron chi connectivity index (χ3n) is 1.75. The first-order valence-electron chi connectivity index (χ1n) is 3.56. The average molecular weight is 272 g/mol. The zero-order valence-corrected chi connectivity index (χ0v) is 11.5. The molecule has 2 nitrogen and oxygen atoms in total. The normalized spacial score (nSPS) is 16.5. The van der Waals surface area contributed by atoms with Gasteiger partial charge >= 0.3 is 63.5 Å². The molecule has 6 heteroatoms. The van der Waals surface area contributed by atoms with Crippen molar-refractivity contribution in [3.63, 3.8) is 0 Å². The first kappa shape index (κ1) is 19.1. The summed E-state index contributed by atoms with van der Waals surface area (Å²) in [5, 5.41) is 8.20. The Morgan fingerprint density at radius 3 is 1.67 bits per heavy atom. The summed E-state index contributed by atoms with van der Waals surface area (Å²) in [4.78, 5) is 0. The molecule has 1 heterocycles. The van der Waals surface area contributed by atoms with Crippen LogP contribution in [0.5, 0.6) is 0 Å². The van der Waals surface area contributed by atoms with Crippen LogP contribution >= 0.6 is 37.2 Å². The van der Waals surface area contributed by atoms with Crippen molar-refractivity contribution in [3.05, 3.63) is 0 Å². The van der Waals surface area contributed by atoms with Gasteiger partial charge in [0.1, 0.15) is 0 Å². The van der Waals surface area contributed by atoms with Gasteiger partial charge < -0.3 is 0 Å². The van der Waals surface area contributed by atoms with Crippen LogP contribution in [-0.4, -0.2) is 29.6 Å². The van der Waals surface area contributed by atoms with E-state index in [0.29, 0.717) is 0 Å². The standard InChI is InChI=1S/C4H9N2.2CH3.3ClH.Ti/c1-2-6-4-3-5-1;;;;;;/h5H,1-4H2;2*1H3;3*1H;/q-1;;;;;;+1. The van der Waals surface area contributed by atoms with Gasteiger partial charge in [0.25, 0.3) is 0 Å². The SMILES string of the molecule is Cl.Cl.Cl.[CH3][Ti]([CH3])[N]1CCNCC1. The molecule has 12 heavy (non-hydrogen) atoms. The number of nitrogens with one attached hydrogen (secondary N) is 1. The molecular weight excluding hydrogens is 254 g/mol. The molecule has 0 aromatic heterocycles. The Hall–Kier alpha value is 1.50. The van der Waals surface area contributed by atoms with Crippen LogP contribution in [-0.2, 0) is 18.1 Å². The summed E-state index contributed by atoms with van der Waals surface area (Å²) in [6, 6.07) is 0. The van der Waals surface area contributed by atoms with Crippen molar-refractivity contribution in [1.82, 2.24) is 8.70 Å². The molecule has 0 aromatic rings.